The Bertz CT molecular complexity index is 1110. The third-order valence-electron chi connectivity index (χ3n) is 5.93. The van der Waals surface area contributed by atoms with Crippen molar-refractivity contribution in [1.29, 1.82) is 0 Å². The monoisotopic (exact) mass is 493 g/mol. The number of morpholine rings is 1. The Morgan fingerprint density at radius 3 is 2.42 bits per heavy atom. The molecule has 8 nitrogen and oxygen atoms in total. The number of ether oxygens (including phenoxy) is 2. The Kier molecular flexibility index (Phi) is 7.43. The second kappa shape index (κ2) is 10.3. The lowest BCUT2D eigenvalue weighted by molar-refractivity contribution is 0.0730. The maximum absolute atomic E-state index is 13.4. The van der Waals surface area contributed by atoms with Crippen LogP contribution in [0.2, 0.25) is 5.02 Å². The van der Waals surface area contributed by atoms with Crippen LogP contribution in [0.15, 0.2) is 41.3 Å². The first-order chi connectivity index (χ1) is 15.9. The zero-order valence-corrected chi connectivity index (χ0v) is 20.1. The molecule has 0 aromatic heterocycles. The third-order valence-corrected chi connectivity index (χ3v) is 8.12. The number of benzene rings is 2. The lowest BCUT2D eigenvalue weighted by Gasteiger charge is -2.31. The fourth-order valence-electron chi connectivity index (χ4n) is 4.15. The number of halogens is 1. The van der Waals surface area contributed by atoms with E-state index in [1.807, 2.05) is 0 Å². The van der Waals surface area contributed by atoms with E-state index in [2.05, 4.69) is 10.2 Å². The standard InChI is InChI=1S/C23H28ClN3O5S/c1-31-22-8-5-17(15-20(22)24)25-23(28)19-16-18(33(29,30)27-11-13-32-14-12-27)6-7-21(19)26-9-3-2-4-10-26/h5-8,15-16H,2-4,9-14H2,1H3,(H,25,28). The molecule has 0 radical (unpaired) electrons. The van der Waals surface area contributed by atoms with Gasteiger partial charge in [0.25, 0.3) is 5.91 Å². The van der Waals surface area contributed by atoms with E-state index in [1.165, 1.54) is 17.5 Å². The molecule has 2 aromatic carbocycles. The van der Waals surface area contributed by atoms with Crippen LogP contribution in [0.3, 0.4) is 0 Å². The fraction of sp³-hybridized carbons (Fsp3) is 0.435. The highest BCUT2D eigenvalue weighted by Crippen LogP contribution is 2.31. The van der Waals surface area contributed by atoms with Gasteiger partial charge in [-0.05, 0) is 55.7 Å². The topological polar surface area (TPSA) is 88.2 Å². The maximum atomic E-state index is 13.4. The molecule has 2 heterocycles. The SMILES string of the molecule is COc1ccc(NC(=O)c2cc(S(=O)(=O)N3CCOCC3)ccc2N2CCCCC2)cc1Cl. The minimum atomic E-state index is -3.74. The largest absolute Gasteiger partial charge is 0.495 e. The molecular weight excluding hydrogens is 466 g/mol. The maximum Gasteiger partial charge on any atom is 0.257 e. The van der Waals surface area contributed by atoms with Crippen LogP contribution in [0.25, 0.3) is 0 Å². The fourth-order valence-corrected chi connectivity index (χ4v) is 5.84. The minimum absolute atomic E-state index is 0.100. The Morgan fingerprint density at radius 1 is 1.03 bits per heavy atom. The van der Waals surface area contributed by atoms with E-state index in [9.17, 15) is 13.2 Å². The molecule has 2 aromatic rings. The van der Waals surface area contributed by atoms with Crippen LogP contribution in [0.1, 0.15) is 29.6 Å². The Morgan fingerprint density at radius 2 is 1.76 bits per heavy atom. The van der Waals surface area contributed by atoms with Crippen LogP contribution < -0.4 is 15.0 Å². The van der Waals surface area contributed by atoms with Crippen LogP contribution in [0, 0.1) is 0 Å². The van der Waals surface area contributed by atoms with E-state index >= 15 is 0 Å². The molecule has 1 amide bonds. The molecule has 0 bridgehead atoms. The number of piperidine rings is 1. The smallest absolute Gasteiger partial charge is 0.257 e. The number of nitrogens with one attached hydrogen (secondary N) is 1. The summed E-state index contributed by atoms with van der Waals surface area (Å²) in [6.45, 7) is 2.95. The molecule has 1 N–H and O–H groups in total. The van der Waals surface area contributed by atoms with Crippen LogP contribution >= 0.6 is 11.6 Å². The van der Waals surface area contributed by atoms with E-state index < -0.39 is 15.9 Å². The molecule has 0 saturated carbocycles. The molecule has 4 rings (SSSR count). The van der Waals surface area contributed by atoms with Crippen molar-refractivity contribution in [3.05, 3.63) is 47.0 Å². The highest BCUT2D eigenvalue weighted by Gasteiger charge is 2.29. The van der Waals surface area contributed by atoms with Crippen molar-refractivity contribution in [3.63, 3.8) is 0 Å². The van der Waals surface area contributed by atoms with Gasteiger partial charge < -0.3 is 19.7 Å². The highest BCUT2D eigenvalue weighted by molar-refractivity contribution is 7.89. The molecule has 10 heteroatoms. The molecule has 0 atom stereocenters. The summed E-state index contributed by atoms with van der Waals surface area (Å²) in [6.07, 6.45) is 3.21. The zero-order valence-electron chi connectivity index (χ0n) is 18.5. The van der Waals surface area contributed by atoms with E-state index in [-0.39, 0.29) is 4.90 Å². The summed E-state index contributed by atoms with van der Waals surface area (Å²) >= 11 is 6.20. The van der Waals surface area contributed by atoms with Crippen LogP contribution in [0.5, 0.6) is 5.75 Å². The predicted octanol–water partition coefficient (Wildman–Crippen LogP) is 3.61. The lowest BCUT2D eigenvalue weighted by Crippen LogP contribution is -2.40. The molecular formula is C23H28ClN3O5S. The molecule has 33 heavy (non-hydrogen) atoms. The van der Waals surface area contributed by atoms with Gasteiger partial charge in [-0.25, -0.2) is 8.42 Å². The minimum Gasteiger partial charge on any atom is -0.495 e. The Labute approximate surface area is 199 Å². The van der Waals surface area contributed by atoms with E-state index in [4.69, 9.17) is 21.1 Å². The van der Waals surface area contributed by atoms with Gasteiger partial charge in [0.15, 0.2) is 0 Å². The van der Waals surface area contributed by atoms with Gasteiger partial charge in [0.05, 0.1) is 35.8 Å². The number of rotatable bonds is 6. The number of methoxy groups -OCH3 is 1. The van der Waals surface area contributed by atoms with Gasteiger partial charge in [-0.3, -0.25) is 4.79 Å². The number of carbonyl (C=O) groups excluding carboxylic acids is 1. The van der Waals surface area contributed by atoms with Crippen molar-refractivity contribution in [2.24, 2.45) is 0 Å². The van der Waals surface area contributed by atoms with Crippen LogP contribution in [-0.4, -0.2) is 65.1 Å². The van der Waals surface area contributed by atoms with Crippen LogP contribution in [-0.2, 0) is 14.8 Å². The highest BCUT2D eigenvalue weighted by atomic mass is 35.5. The van der Waals surface area contributed by atoms with E-state index in [1.54, 1.807) is 30.3 Å². The predicted molar refractivity (Wildman–Crippen MR) is 128 cm³/mol. The van der Waals surface area contributed by atoms with Gasteiger partial charge >= 0.3 is 0 Å². The van der Waals surface area contributed by atoms with Crippen molar-refractivity contribution in [2.45, 2.75) is 24.2 Å². The summed E-state index contributed by atoms with van der Waals surface area (Å²) < 4.78 is 38.3. The summed E-state index contributed by atoms with van der Waals surface area (Å²) in [5.74, 6) is 0.109. The molecule has 2 aliphatic rings. The summed E-state index contributed by atoms with van der Waals surface area (Å²) in [5, 5.41) is 3.22. The number of hydrogen-bond donors (Lipinski definition) is 1. The number of sulfonamides is 1. The Hall–Kier alpha value is -2.33. The van der Waals surface area contributed by atoms with Crippen molar-refractivity contribution < 1.29 is 22.7 Å². The van der Waals surface area contributed by atoms with Gasteiger partial charge in [-0.15, -0.1) is 0 Å². The van der Waals surface area contributed by atoms with Gasteiger partial charge in [0.1, 0.15) is 5.75 Å². The number of anilines is 2. The van der Waals surface area contributed by atoms with Crippen LogP contribution in [0.4, 0.5) is 11.4 Å². The molecule has 0 unspecified atom stereocenters. The summed E-state index contributed by atoms with van der Waals surface area (Å²) in [7, 11) is -2.22. The molecule has 0 aliphatic carbocycles. The second-order valence-corrected chi connectivity index (χ2v) is 10.4. The second-order valence-electron chi connectivity index (χ2n) is 8.05. The normalized spacial score (nSPS) is 17.6. The van der Waals surface area contributed by atoms with Gasteiger partial charge in [0, 0.05) is 37.6 Å². The third kappa shape index (κ3) is 5.27. The first kappa shape index (κ1) is 23.8. The molecule has 0 spiro atoms. The average molecular weight is 494 g/mol. The van der Waals surface area contributed by atoms with E-state index in [0.29, 0.717) is 48.3 Å². The van der Waals surface area contributed by atoms with E-state index in [0.717, 1.165) is 38.0 Å². The summed E-state index contributed by atoms with van der Waals surface area (Å²) in [5.41, 5.74) is 1.54. The lowest BCUT2D eigenvalue weighted by atomic mass is 10.1. The van der Waals surface area contributed by atoms with Gasteiger partial charge in [-0.2, -0.15) is 4.31 Å². The number of hydrogen-bond acceptors (Lipinski definition) is 6. The Balaban J connectivity index is 1.68. The number of nitrogens with zero attached hydrogens (tertiary/aromatic N) is 2. The molecule has 2 fully saturated rings. The summed E-state index contributed by atoms with van der Waals surface area (Å²) in [6, 6.07) is 9.78. The first-order valence-electron chi connectivity index (χ1n) is 11.0. The molecule has 2 aliphatic heterocycles. The van der Waals surface area contributed by atoms with Gasteiger partial charge in [-0.1, -0.05) is 11.6 Å². The molecule has 2 saturated heterocycles. The zero-order chi connectivity index (χ0) is 23.4. The van der Waals surface area contributed by atoms with Crippen molar-refractivity contribution in [3.8, 4) is 5.75 Å². The van der Waals surface area contributed by atoms with Crippen molar-refractivity contribution in [1.82, 2.24) is 4.31 Å². The average Bonchev–Trinajstić information content (AvgIpc) is 2.85. The van der Waals surface area contributed by atoms with Crippen molar-refractivity contribution in [2.75, 3.05) is 56.7 Å². The molecule has 178 valence electrons. The number of amides is 1. The van der Waals surface area contributed by atoms with Gasteiger partial charge in [0.2, 0.25) is 10.0 Å². The number of carbonyl (C=O) groups is 1. The van der Waals surface area contributed by atoms with Crippen molar-refractivity contribution >= 4 is 38.9 Å². The quantitative estimate of drug-likeness (QED) is 0.661. The summed E-state index contributed by atoms with van der Waals surface area (Å²) in [4.78, 5) is 15.6. The first-order valence-corrected chi connectivity index (χ1v) is 12.8.